The second-order valence-electron chi connectivity index (χ2n) is 10.6. The number of benzene rings is 2. The number of para-hydroxylation sites is 2. The lowest BCUT2D eigenvalue weighted by Crippen LogP contribution is -2.33. The first-order chi connectivity index (χ1) is 17.9. The number of hydrogen-bond donors (Lipinski definition) is 0. The Balaban J connectivity index is 1.36. The van der Waals surface area contributed by atoms with Crippen molar-refractivity contribution in [3.05, 3.63) is 95.1 Å². The molecule has 2 aromatic carbocycles. The molecule has 0 amide bonds. The molecule has 0 radical (unpaired) electrons. The smallest absolute Gasteiger partial charge is 0.374 e. The molecule has 0 spiro atoms. The molecule has 188 valence electrons. The summed E-state index contributed by atoms with van der Waals surface area (Å²) in [6.07, 6.45) is 10.8. The highest BCUT2D eigenvalue weighted by Gasteiger charge is 2.29. The van der Waals surface area contributed by atoms with Gasteiger partial charge in [0.25, 0.3) is 5.52 Å². The maximum atomic E-state index is 6.27. The number of hydrogen-bond acceptors (Lipinski definition) is 4. The highest BCUT2D eigenvalue weighted by Crippen LogP contribution is 2.49. The molecule has 0 saturated carbocycles. The summed E-state index contributed by atoms with van der Waals surface area (Å²) in [5.74, 6) is 1.82. The lowest BCUT2D eigenvalue weighted by molar-refractivity contribution is -0.674. The van der Waals surface area contributed by atoms with Gasteiger partial charge in [-0.3, -0.25) is 0 Å². The number of thioether (sulfide) groups is 1. The fraction of sp³-hybridized carbons (Fsp3) is 0.281. The van der Waals surface area contributed by atoms with Gasteiger partial charge in [-0.05, 0) is 85.7 Å². The lowest BCUT2D eigenvalue weighted by Gasteiger charge is -2.30. The second kappa shape index (κ2) is 9.46. The summed E-state index contributed by atoms with van der Waals surface area (Å²) in [5.41, 5.74) is 7.30. The van der Waals surface area contributed by atoms with Crippen LogP contribution >= 0.6 is 11.8 Å². The number of rotatable bonds is 5. The number of allylic oxidation sites excluding steroid dienone is 4. The Labute approximate surface area is 223 Å². The molecule has 0 atom stereocenters. The van der Waals surface area contributed by atoms with Crippen molar-refractivity contribution in [2.75, 3.05) is 11.4 Å². The normalized spacial score (nSPS) is 19.1. The summed E-state index contributed by atoms with van der Waals surface area (Å²) in [4.78, 5) is 3.71. The van der Waals surface area contributed by atoms with Crippen LogP contribution in [0.4, 0.5) is 5.69 Å². The SMILES string of the molecule is CCN1C(=CC2=CC(=Cc3oc4ccccc4[n+]3CC)CC(C)(C)C2)Sc2ccc(-c3ccco3)cc21. The van der Waals surface area contributed by atoms with E-state index in [1.54, 1.807) is 6.26 Å². The molecule has 2 aromatic heterocycles. The molecule has 37 heavy (non-hydrogen) atoms. The molecule has 0 bridgehead atoms. The summed E-state index contributed by atoms with van der Waals surface area (Å²) in [5, 5.41) is 1.28. The fourth-order valence-corrected chi connectivity index (χ4v) is 6.81. The van der Waals surface area contributed by atoms with Gasteiger partial charge in [0.2, 0.25) is 5.58 Å². The van der Waals surface area contributed by atoms with Crippen LogP contribution in [0.25, 0.3) is 28.5 Å². The van der Waals surface area contributed by atoms with Crippen LogP contribution in [0, 0.1) is 5.41 Å². The third-order valence-corrected chi connectivity index (χ3v) is 8.27. The number of oxazole rings is 1. The minimum absolute atomic E-state index is 0.176. The van der Waals surface area contributed by atoms with Crippen LogP contribution in [0.3, 0.4) is 0 Å². The van der Waals surface area contributed by atoms with E-state index in [0.29, 0.717) is 0 Å². The lowest BCUT2D eigenvalue weighted by atomic mass is 9.75. The Morgan fingerprint density at radius 1 is 1.03 bits per heavy atom. The molecule has 4 aromatic rings. The molecular weight excluding hydrogens is 476 g/mol. The van der Waals surface area contributed by atoms with Crippen molar-refractivity contribution in [2.24, 2.45) is 5.41 Å². The minimum Gasteiger partial charge on any atom is -0.464 e. The van der Waals surface area contributed by atoms with Gasteiger partial charge in [0, 0.05) is 23.1 Å². The maximum absolute atomic E-state index is 6.27. The first-order valence-electron chi connectivity index (χ1n) is 13.1. The van der Waals surface area contributed by atoms with Gasteiger partial charge in [-0.2, -0.15) is 4.57 Å². The highest BCUT2D eigenvalue weighted by molar-refractivity contribution is 8.03. The standard InChI is InChI=1S/C32H33N2O2S/c1-5-33-25-10-7-8-11-28(25)36-30(33)17-22-16-23(21-32(3,4)20-22)18-31-34(6-2)26-19-24(13-14-29(26)37-31)27-12-9-15-35-27/h7-19H,5-6,20-21H2,1-4H3/q+1. The van der Waals surface area contributed by atoms with Gasteiger partial charge < -0.3 is 13.7 Å². The van der Waals surface area contributed by atoms with Crippen LogP contribution in [-0.4, -0.2) is 6.54 Å². The molecule has 1 aliphatic heterocycles. The molecule has 0 fully saturated rings. The molecule has 3 heterocycles. The quantitative estimate of drug-likeness (QED) is 0.252. The van der Waals surface area contributed by atoms with E-state index in [9.17, 15) is 0 Å². The average Bonchev–Trinajstić information content (AvgIpc) is 3.59. The maximum Gasteiger partial charge on any atom is 0.374 e. The predicted octanol–water partition coefficient (Wildman–Crippen LogP) is 8.60. The number of aryl methyl sites for hydroxylation is 1. The highest BCUT2D eigenvalue weighted by atomic mass is 32.2. The average molecular weight is 510 g/mol. The molecular formula is C32H33N2O2S+. The van der Waals surface area contributed by atoms with Gasteiger partial charge >= 0.3 is 5.89 Å². The summed E-state index contributed by atoms with van der Waals surface area (Å²) in [6, 6.07) is 18.9. The molecule has 1 aliphatic carbocycles. The Morgan fingerprint density at radius 2 is 1.89 bits per heavy atom. The molecule has 0 saturated heterocycles. The Bertz CT molecular complexity index is 1550. The number of furan rings is 1. The van der Waals surface area contributed by atoms with Crippen molar-refractivity contribution in [1.82, 2.24) is 0 Å². The van der Waals surface area contributed by atoms with Crippen LogP contribution in [0.1, 0.15) is 46.4 Å². The molecule has 5 heteroatoms. The summed E-state index contributed by atoms with van der Waals surface area (Å²) < 4.78 is 14.2. The minimum atomic E-state index is 0.176. The van der Waals surface area contributed by atoms with Crippen LogP contribution in [0.15, 0.2) is 103 Å². The van der Waals surface area contributed by atoms with Gasteiger partial charge in [-0.25, -0.2) is 0 Å². The topological polar surface area (TPSA) is 33.4 Å². The number of anilines is 1. The van der Waals surface area contributed by atoms with E-state index in [1.165, 1.54) is 26.8 Å². The Morgan fingerprint density at radius 3 is 2.68 bits per heavy atom. The number of nitrogens with zero attached hydrogens (tertiary/aromatic N) is 2. The fourth-order valence-electron chi connectivity index (χ4n) is 5.63. The third kappa shape index (κ3) is 4.57. The van der Waals surface area contributed by atoms with Crippen molar-refractivity contribution in [3.63, 3.8) is 0 Å². The van der Waals surface area contributed by atoms with Crippen molar-refractivity contribution in [2.45, 2.75) is 52.0 Å². The predicted molar refractivity (Wildman–Crippen MR) is 152 cm³/mol. The van der Waals surface area contributed by atoms with Gasteiger partial charge in [-0.15, -0.1) is 0 Å². The van der Waals surface area contributed by atoms with Gasteiger partial charge in [0.15, 0.2) is 0 Å². The van der Waals surface area contributed by atoms with Crippen molar-refractivity contribution < 1.29 is 13.4 Å². The van der Waals surface area contributed by atoms with E-state index in [2.05, 4.69) is 85.7 Å². The Hall–Kier alpha value is -3.44. The first-order valence-corrected chi connectivity index (χ1v) is 13.9. The van der Waals surface area contributed by atoms with Crippen LogP contribution < -0.4 is 9.47 Å². The summed E-state index contributed by atoms with van der Waals surface area (Å²) in [7, 11) is 0. The summed E-state index contributed by atoms with van der Waals surface area (Å²) >= 11 is 1.86. The van der Waals surface area contributed by atoms with Gasteiger partial charge in [0.05, 0.1) is 23.1 Å². The first kappa shape index (κ1) is 23.9. The number of aromatic nitrogens is 1. The molecule has 0 N–H and O–H groups in total. The van der Waals surface area contributed by atoms with E-state index in [1.807, 2.05) is 36.0 Å². The van der Waals surface area contributed by atoms with E-state index in [4.69, 9.17) is 8.83 Å². The van der Waals surface area contributed by atoms with Gasteiger partial charge in [-0.1, -0.05) is 43.8 Å². The monoisotopic (exact) mass is 509 g/mol. The Kier molecular flexibility index (Phi) is 6.12. The zero-order chi connectivity index (χ0) is 25.6. The molecule has 2 aliphatic rings. The summed E-state index contributed by atoms with van der Waals surface area (Å²) in [6.45, 7) is 10.9. The van der Waals surface area contributed by atoms with Crippen LogP contribution in [0.2, 0.25) is 0 Å². The second-order valence-corrected chi connectivity index (χ2v) is 11.7. The zero-order valence-corrected chi connectivity index (χ0v) is 22.8. The van der Waals surface area contributed by atoms with E-state index >= 15 is 0 Å². The van der Waals surface area contributed by atoms with Crippen molar-refractivity contribution in [3.8, 4) is 11.3 Å². The van der Waals surface area contributed by atoms with E-state index in [-0.39, 0.29) is 5.41 Å². The zero-order valence-electron chi connectivity index (χ0n) is 22.0. The van der Waals surface area contributed by atoms with Crippen LogP contribution in [0.5, 0.6) is 0 Å². The molecule has 6 rings (SSSR count). The van der Waals surface area contributed by atoms with Crippen molar-refractivity contribution >= 4 is 34.6 Å². The van der Waals surface area contributed by atoms with E-state index < -0.39 is 0 Å². The van der Waals surface area contributed by atoms with Gasteiger partial charge in [0.1, 0.15) is 12.3 Å². The van der Waals surface area contributed by atoms with E-state index in [0.717, 1.165) is 54.2 Å². The molecule has 0 unspecified atom stereocenters. The van der Waals surface area contributed by atoms with Crippen LogP contribution in [-0.2, 0) is 6.54 Å². The van der Waals surface area contributed by atoms with Crippen molar-refractivity contribution in [1.29, 1.82) is 0 Å². The molecule has 4 nitrogen and oxygen atoms in total. The largest absolute Gasteiger partial charge is 0.464 e. The third-order valence-electron chi connectivity index (χ3n) is 7.16. The number of fused-ring (bicyclic) bond motifs is 2.